The minimum Gasteiger partial charge on any atom is -0.375 e. The van der Waals surface area contributed by atoms with Gasteiger partial charge in [0, 0.05) is 23.3 Å². The highest BCUT2D eigenvalue weighted by Crippen LogP contribution is 2.30. The molecule has 1 aliphatic rings. The van der Waals surface area contributed by atoms with Gasteiger partial charge in [0.1, 0.15) is 0 Å². The summed E-state index contributed by atoms with van der Waals surface area (Å²) in [4.78, 5) is 2.46. The van der Waals surface area contributed by atoms with Gasteiger partial charge < -0.3 is 15.4 Å². The van der Waals surface area contributed by atoms with E-state index in [4.69, 9.17) is 22.1 Å². The van der Waals surface area contributed by atoms with Crippen LogP contribution in [0.5, 0.6) is 0 Å². The zero-order chi connectivity index (χ0) is 15.4. The monoisotopic (exact) mass is 310 g/mol. The van der Waals surface area contributed by atoms with Crippen LogP contribution >= 0.6 is 11.6 Å². The number of nitrogens with zero attached hydrogens (tertiary/aromatic N) is 1. The molecule has 0 saturated carbocycles. The van der Waals surface area contributed by atoms with Gasteiger partial charge in [-0.25, -0.2) is 0 Å². The van der Waals surface area contributed by atoms with E-state index in [0.717, 1.165) is 37.4 Å². The number of nitrogens with two attached hydrogens (primary N) is 1. The molecule has 4 heteroatoms. The first-order valence-corrected chi connectivity index (χ1v) is 8.35. The average molecular weight is 311 g/mol. The molecule has 0 amide bonds. The Bertz CT molecular complexity index is 466. The maximum Gasteiger partial charge on any atom is 0.0723 e. The Morgan fingerprint density at radius 2 is 2.19 bits per heavy atom. The van der Waals surface area contributed by atoms with E-state index in [1.54, 1.807) is 0 Å². The Kier molecular flexibility index (Phi) is 5.91. The summed E-state index contributed by atoms with van der Waals surface area (Å²) >= 11 is 6.24. The van der Waals surface area contributed by atoms with Gasteiger partial charge in [0.05, 0.1) is 18.8 Å². The lowest BCUT2D eigenvalue weighted by molar-refractivity contribution is 0.0299. The Morgan fingerprint density at radius 3 is 2.86 bits per heavy atom. The molecule has 3 atom stereocenters. The van der Waals surface area contributed by atoms with E-state index < -0.39 is 0 Å². The second-order valence-corrected chi connectivity index (χ2v) is 6.44. The third-order valence-electron chi connectivity index (χ3n) is 4.30. The molecule has 118 valence electrons. The zero-order valence-corrected chi connectivity index (χ0v) is 14.1. The second kappa shape index (κ2) is 7.48. The molecular weight excluding hydrogens is 284 g/mol. The number of benzene rings is 1. The van der Waals surface area contributed by atoms with Crippen molar-refractivity contribution in [3.63, 3.8) is 0 Å². The molecule has 1 heterocycles. The van der Waals surface area contributed by atoms with Gasteiger partial charge in [-0.15, -0.1) is 0 Å². The van der Waals surface area contributed by atoms with Crippen LogP contribution in [0.1, 0.15) is 39.2 Å². The molecule has 21 heavy (non-hydrogen) atoms. The Hall–Kier alpha value is -0.770. The molecule has 1 fully saturated rings. The van der Waals surface area contributed by atoms with Crippen molar-refractivity contribution in [2.24, 2.45) is 5.73 Å². The lowest BCUT2D eigenvalue weighted by Crippen LogP contribution is -2.49. The summed E-state index contributed by atoms with van der Waals surface area (Å²) in [6.07, 6.45) is 3.20. The summed E-state index contributed by atoms with van der Waals surface area (Å²) < 4.78 is 5.81. The van der Waals surface area contributed by atoms with E-state index in [0.29, 0.717) is 6.04 Å². The molecule has 1 aliphatic heterocycles. The Balaban J connectivity index is 2.32. The van der Waals surface area contributed by atoms with Crippen molar-refractivity contribution in [3.8, 4) is 0 Å². The van der Waals surface area contributed by atoms with Crippen LogP contribution in [-0.4, -0.2) is 31.3 Å². The molecular formula is C17H27ClN2O. The van der Waals surface area contributed by atoms with Crippen molar-refractivity contribution >= 4 is 17.3 Å². The fraction of sp³-hybridized carbons (Fsp3) is 0.647. The molecule has 0 aromatic heterocycles. The van der Waals surface area contributed by atoms with Gasteiger partial charge in [-0.3, -0.25) is 0 Å². The summed E-state index contributed by atoms with van der Waals surface area (Å²) in [6, 6.07) is 6.79. The third kappa shape index (κ3) is 4.12. The fourth-order valence-corrected chi connectivity index (χ4v) is 3.05. The molecule has 3 nitrogen and oxygen atoms in total. The number of hydrogen-bond donors (Lipinski definition) is 1. The first-order valence-electron chi connectivity index (χ1n) is 7.97. The van der Waals surface area contributed by atoms with E-state index >= 15 is 0 Å². The van der Waals surface area contributed by atoms with Crippen LogP contribution in [0.2, 0.25) is 5.02 Å². The predicted molar refractivity (Wildman–Crippen MR) is 90.3 cm³/mol. The first kappa shape index (κ1) is 16.6. The number of rotatable bonds is 5. The lowest BCUT2D eigenvalue weighted by atomic mass is 10.00. The summed E-state index contributed by atoms with van der Waals surface area (Å²) in [6.45, 7) is 8.16. The molecule has 1 aromatic carbocycles. The van der Waals surface area contributed by atoms with Crippen LogP contribution in [0.25, 0.3) is 0 Å². The number of halogens is 1. The lowest BCUT2D eigenvalue weighted by Gasteiger charge is -2.41. The van der Waals surface area contributed by atoms with Crippen molar-refractivity contribution in [1.29, 1.82) is 0 Å². The van der Waals surface area contributed by atoms with Crippen LogP contribution in [-0.2, 0) is 11.2 Å². The minimum atomic E-state index is 0.198. The molecule has 1 aromatic rings. The van der Waals surface area contributed by atoms with Gasteiger partial charge in [0.25, 0.3) is 0 Å². The van der Waals surface area contributed by atoms with Gasteiger partial charge >= 0.3 is 0 Å². The molecule has 1 saturated heterocycles. The van der Waals surface area contributed by atoms with Crippen LogP contribution in [0.3, 0.4) is 0 Å². The largest absolute Gasteiger partial charge is 0.375 e. The normalized spacial score (nSPS) is 24.1. The molecule has 2 rings (SSSR count). The minimum absolute atomic E-state index is 0.198. The van der Waals surface area contributed by atoms with Crippen molar-refractivity contribution < 1.29 is 4.74 Å². The smallest absolute Gasteiger partial charge is 0.0723 e. The van der Waals surface area contributed by atoms with Crippen LogP contribution in [0.15, 0.2) is 18.2 Å². The Morgan fingerprint density at radius 1 is 1.43 bits per heavy atom. The SMILES string of the molecule is CCC(N)Cc1ccc(Cl)cc1N1CC(C)OCC1CC. The van der Waals surface area contributed by atoms with Crippen LogP contribution < -0.4 is 10.6 Å². The van der Waals surface area contributed by atoms with E-state index in [1.807, 2.05) is 6.07 Å². The van der Waals surface area contributed by atoms with Gasteiger partial charge in [-0.05, 0) is 43.9 Å². The molecule has 2 N–H and O–H groups in total. The van der Waals surface area contributed by atoms with E-state index in [2.05, 4.69) is 37.8 Å². The molecule has 3 unspecified atom stereocenters. The van der Waals surface area contributed by atoms with Crippen molar-refractivity contribution in [2.45, 2.75) is 58.2 Å². The fourth-order valence-electron chi connectivity index (χ4n) is 2.88. The summed E-state index contributed by atoms with van der Waals surface area (Å²) in [5.41, 5.74) is 8.68. The van der Waals surface area contributed by atoms with E-state index in [1.165, 1.54) is 11.3 Å². The summed E-state index contributed by atoms with van der Waals surface area (Å²) in [5.74, 6) is 0. The van der Waals surface area contributed by atoms with E-state index in [-0.39, 0.29) is 12.1 Å². The quantitative estimate of drug-likeness (QED) is 0.902. The highest BCUT2D eigenvalue weighted by atomic mass is 35.5. The molecule has 0 bridgehead atoms. The maximum atomic E-state index is 6.24. The van der Waals surface area contributed by atoms with E-state index in [9.17, 15) is 0 Å². The van der Waals surface area contributed by atoms with Crippen molar-refractivity contribution in [1.82, 2.24) is 0 Å². The van der Waals surface area contributed by atoms with Crippen LogP contribution in [0, 0.1) is 0 Å². The van der Waals surface area contributed by atoms with Gasteiger partial charge in [0.15, 0.2) is 0 Å². The predicted octanol–water partition coefficient (Wildman–Crippen LogP) is 3.62. The highest BCUT2D eigenvalue weighted by molar-refractivity contribution is 6.30. The maximum absolute atomic E-state index is 6.24. The standard InChI is InChI=1S/C17H27ClN2O/c1-4-15(19)8-13-6-7-14(18)9-17(13)20-10-12(3)21-11-16(20)5-2/h6-7,9,12,15-16H,4-5,8,10-11,19H2,1-3H3. The third-order valence-corrected chi connectivity index (χ3v) is 4.54. The summed E-state index contributed by atoms with van der Waals surface area (Å²) in [7, 11) is 0. The van der Waals surface area contributed by atoms with Gasteiger partial charge in [-0.1, -0.05) is 31.5 Å². The zero-order valence-electron chi connectivity index (χ0n) is 13.3. The molecule has 0 aliphatic carbocycles. The number of morpholine rings is 1. The van der Waals surface area contributed by atoms with Gasteiger partial charge in [-0.2, -0.15) is 0 Å². The first-order chi connectivity index (χ1) is 10.0. The molecule has 0 radical (unpaired) electrons. The van der Waals surface area contributed by atoms with Crippen molar-refractivity contribution in [3.05, 3.63) is 28.8 Å². The van der Waals surface area contributed by atoms with Crippen molar-refractivity contribution in [2.75, 3.05) is 18.1 Å². The number of ether oxygens (including phenoxy) is 1. The second-order valence-electron chi connectivity index (χ2n) is 6.00. The highest BCUT2D eigenvalue weighted by Gasteiger charge is 2.27. The molecule has 0 spiro atoms. The summed E-state index contributed by atoms with van der Waals surface area (Å²) in [5, 5.41) is 0.785. The van der Waals surface area contributed by atoms with Gasteiger partial charge in [0.2, 0.25) is 0 Å². The Labute approximate surface area is 133 Å². The number of anilines is 1. The van der Waals surface area contributed by atoms with Crippen LogP contribution in [0.4, 0.5) is 5.69 Å². The average Bonchev–Trinajstić information content (AvgIpc) is 2.48. The topological polar surface area (TPSA) is 38.5 Å². The number of hydrogen-bond acceptors (Lipinski definition) is 3.